The molecule has 0 aliphatic rings. The highest BCUT2D eigenvalue weighted by Crippen LogP contribution is 2.37. The molecule has 0 heterocycles. The third-order valence-corrected chi connectivity index (χ3v) is 4.89. The molecule has 0 radical (unpaired) electrons. The first-order valence-electron chi connectivity index (χ1n) is 8.29. The summed E-state index contributed by atoms with van der Waals surface area (Å²) in [4.78, 5) is 0. The Balaban J connectivity index is 1.75. The van der Waals surface area contributed by atoms with Gasteiger partial charge in [0, 0.05) is 12.1 Å². The zero-order valence-electron chi connectivity index (χ0n) is 14.6. The molecule has 3 rings (SSSR count). The van der Waals surface area contributed by atoms with E-state index in [1.807, 2.05) is 36.4 Å². The van der Waals surface area contributed by atoms with E-state index in [1.54, 1.807) is 25.3 Å². The van der Waals surface area contributed by atoms with Crippen LogP contribution in [-0.2, 0) is 13.2 Å². The minimum Gasteiger partial charge on any atom is -0.493 e. The van der Waals surface area contributed by atoms with E-state index in [0.717, 1.165) is 15.7 Å². The molecule has 3 aromatic rings. The molecule has 0 saturated heterocycles. The SMILES string of the molecule is COc1cc(CNc2ccccc2Cl)cc(Br)c1OCc1ccccc1F. The number of anilines is 1. The fourth-order valence-corrected chi connectivity index (χ4v) is 3.39. The summed E-state index contributed by atoms with van der Waals surface area (Å²) < 4.78 is 25.8. The number of ether oxygens (including phenoxy) is 2. The lowest BCUT2D eigenvalue weighted by Crippen LogP contribution is -2.03. The van der Waals surface area contributed by atoms with Gasteiger partial charge >= 0.3 is 0 Å². The molecule has 0 atom stereocenters. The van der Waals surface area contributed by atoms with E-state index in [1.165, 1.54) is 6.07 Å². The number of rotatable bonds is 7. The summed E-state index contributed by atoms with van der Waals surface area (Å²) in [5.74, 6) is 0.798. The van der Waals surface area contributed by atoms with E-state index in [0.29, 0.717) is 28.6 Å². The van der Waals surface area contributed by atoms with Crippen LogP contribution in [0.2, 0.25) is 5.02 Å². The largest absolute Gasteiger partial charge is 0.493 e. The van der Waals surface area contributed by atoms with Crippen LogP contribution < -0.4 is 14.8 Å². The summed E-state index contributed by atoms with van der Waals surface area (Å²) in [7, 11) is 1.57. The number of halogens is 3. The monoisotopic (exact) mass is 449 g/mol. The van der Waals surface area contributed by atoms with Gasteiger partial charge in [-0.3, -0.25) is 0 Å². The van der Waals surface area contributed by atoms with E-state index < -0.39 is 0 Å². The summed E-state index contributed by atoms with van der Waals surface area (Å²) in [6.45, 7) is 0.672. The van der Waals surface area contributed by atoms with Crippen LogP contribution >= 0.6 is 27.5 Å². The molecule has 6 heteroatoms. The van der Waals surface area contributed by atoms with Crippen molar-refractivity contribution >= 4 is 33.2 Å². The zero-order valence-corrected chi connectivity index (χ0v) is 17.0. The van der Waals surface area contributed by atoms with Crippen LogP contribution in [0.15, 0.2) is 65.1 Å². The molecule has 0 fully saturated rings. The van der Waals surface area contributed by atoms with Crippen LogP contribution in [0.5, 0.6) is 11.5 Å². The van der Waals surface area contributed by atoms with Crippen molar-refractivity contribution in [2.24, 2.45) is 0 Å². The van der Waals surface area contributed by atoms with E-state index in [-0.39, 0.29) is 12.4 Å². The molecule has 0 aliphatic carbocycles. The quantitative estimate of drug-likeness (QED) is 0.449. The molecule has 0 bridgehead atoms. The van der Waals surface area contributed by atoms with Gasteiger partial charge in [-0.25, -0.2) is 4.39 Å². The van der Waals surface area contributed by atoms with Crippen molar-refractivity contribution in [3.63, 3.8) is 0 Å². The highest BCUT2D eigenvalue weighted by Gasteiger charge is 2.13. The van der Waals surface area contributed by atoms with Crippen LogP contribution in [0, 0.1) is 5.82 Å². The summed E-state index contributed by atoms with van der Waals surface area (Å²) in [6.07, 6.45) is 0. The zero-order chi connectivity index (χ0) is 19.2. The lowest BCUT2D eigenvalue weighted by atomic mass is 10.2. The van der Waals surface area contributed by atoms with Gasteiger partial charge in [-0.15, -0.1) is 0 Å². The Bertz CT molecular complexity index is 936. The van der Waals surface area contributed by atoms with Crippen molar-refractivity contribution in [2.45, 2.75) is 13.2 Å². The summed E-state index contributed by atoms with van der Waals surface area (Å²) in [6, 6.07) is 17.9. The molecule has 3 aromatic carbocycles. The van der Waals surface area contributed by atoms with Crippen LogP contribution in [0.25, 0.3) is 0 Å². The minimum atomic E-state index is -0.298. The first-order valence-corrected chi connectivity index (χ1v) is 9.46. The maximum atomic E-state index is 13.8. The van der Waals surface area contributed by atoms with Crippen LogP contribution in [0.1, 0.15) is 11.1 Å². The first-order chi connectivity index (χ1) is 13.1. The molecule has 0 aromatic heterocycles. The topological polar surface area (TPSA) is 30.5 Å². The Hall–Kier alpha value is -2.24. The number of hydrogen-bond donors (Lipinski definition) is 1. The number of hydrogen-bond acceptors (Lipinski definition) is 3. The van der Waals surface area contributed by atoms with Crippen molar-refractivity contribution in [3.8, 4) is 11.5 Å². The van der Waals surface area contributed by atoms with Crippen molar-refractivity contribution in [1.29, 1.82) is 0 Å². The van der Waals surface area contributed by atoms with Crippen molar-refractivity contribution in [1.82, 2.24) is 0 Å². The Kier molecular flexibility index (Phi) is 6.58. The highest BCUT2D eigenvalue weighted by molar-refractivity contribution is 9.10. The molecule has 3 nitrogen and oxygen atoms in total. The van der Waals surface area contributed by atoms with Crippen LogP contribution in [-0.4, -0.2) is 7.11 Å². The van der Waals surface area contributed by atoms with E-state index in [2.05, 4.69) is 21.2 Å². The van der Waals surface area contributed by atoms with Crippen molar-refractivity contribution < 1.29 is 13.9 Å². The summed E-state index contributed by atoms with van der Waals surface area (Å²) in [5, 5.41) is 3.95. The molecule has 0 spiro atoms. The second-order valence-corrected chi connectivity index (χ2v) is 7.08. The standard InChI is InChI=1S/C21H18BrClFNO2/c1-26-20-11-14(12-25-19-9-5-3-7-17(19)23)10-16(22)21(20)27-13-15-6-2-4-8-18(15)24/h2-11,25H,12-13H2,1H3. The van der Waals surface area contributed by atoms with Gasteiger partial charge in [0.2, 0.25) is 0 Å². The second-order valence-electron chi connectivity index (χ2n) is 5.82. The highest BCUT2D eigenvalue weighted by atomic mass is 79.9. The van der Waals surface area contributed by atoms with Gasteiger partial charge in [-0.2, -0.15) is 0 Å². The van der Waals surface area contributed by atoms with Crippen LogP contribution in [0.3, 0.4) is 0 Å². The number of para-hydroxylation sites is 1. The molecule has 1 N–H and O–H groups in total. The Morgan fingerprint density at radius 3 is 2.56 bits per heavy atom. The van der Waals surface area contributed by atoms with E-state index in [4.69, 9.17) is 21.1 Å². The fourth-order valence-electron chi connectivity index (χ4n) is 2.58. The average molecular weight is 451 g/mol. The predicted octanol–water partition coefficient (Wildman–Crippen LogP) is 6.44. The lowest BCUT2D eigenvalue weighted by Gasteiger charge is -2.15. The number of benzene rings is 3. The normalized spacial score (nSPS) is 10.5. The number of nitrogens with one attached hydrogen (secondary N) is 1. The molecule has 0 aliphatic heterocycles. The van der Waals surface area contributed by atoms with Gasteiger partial charge < -0.3 is 14.8 Å². The molecular formula is C21H18BrClFNO2. The third-order valence-electron chi connectivity index (χ3n) is 3.98. The molecular weight excluding hydrogens is 433 g/mol. The summed E-state index contributed by atoms with van der Waals surface area (Å²) in [5.41, 5.74) is 2.32. The molecule has 0 unspecified atom stereocenters. The average Bonchev–Trinajstić information content (AvgIpc) is 2.67. The molecule has 0 saturated carbocycles. The third kappa shape index (κ3) is 4.93. The van der Waals surface area contributed by atoms with Gasteiger partial charge in [0.1, 0.15) is 12.4 Å². The maximum absolute atomic E-state index is 13.8. The second kappa shape index (κ2) is 9.11. The number of methoxy groups -OCH3 is 1. The lowest BCUT2D eigenvalue weighted by molar-refractivity contribution is 0.277. The van der Waals surface area contributed by atoms with E-state index in [9.17, 15) is 4.39 Å². The van der Waals surface area contributed by atoms with Gasteiger partial charge in [0.05, 0.1) is 22.3 Å². The molecule has 0 amide bonds. The Labute approximate surface area is 171 Å². The maximum Gasteiger partial charge on any atom is 0.175 e. The van der Waals surface area contributed by atoms with Gasteiger partial charge in [0.15, 0.2) is 11.5 Å². The molecule has 140 valence electrons. The predicted molar refractivity (Wildman–Crippen MR) is 110 cm³/mol. The van der Waals surface area contributed by atoms with Gasteiger partial charge in [0.25, 0.3) is 0 Å². The first kappa shape index (κ1) is 19.5. The van der Waals surface area contributed by atoms with Crippen molar-refractivity contribution in [3.05, 3.63) is 87.1 Å². The smallest absolute Gasteiger partial charge is 0.175 e. The summed E-state index contributed by atoms with van der Waals surface area (Å²) >= 11 is 9.69. The minimum absolute atomic E-state index is 0.110. The van der Waals surface area contributed by atoms with Crippen molar-refractivity contribution in [2.75, 3.05) is 12.4 Å². The van der Waals surface area contributed by atoms with E-state index >= 15 is 0 Å². The van der Waals surface area contributed by atoms with Crippen LogP contribution in [0.4, 0.5) is 10.1 Å². The fraction of sp³-hybridized carbons (Fsp3) is 0.143. The Morgan fingerprint density at radius 1 is 1.07 bits per heavy atom. The van der Waals surface area contributed by atoms with Gasteiger partial charge in [-0.05, 0) is 51.8 Å². The Morgan fingerprint density at radius 2 is 1.81 bits per heavy atom. The van der Waals surface area contributed by atoms with Gasteiger partial charge in [-0.1, -0.05) is 41.9 Å². The molecule has 27 heavy (non-hydrogen) atoms.